The first-order chi connectivity index (χ1) is 10.0. The van der Waals surface area contributed by atoms with Gasteiger partial charge in [0.15, 0.2) is 0 Å². The smallest absolute Gasteiger partial charge is 0.0476 e. The summed E-state index contributed by atoms with van der Waals surface area (Å²) in [7, 11) is 0. The number of nitrogens with zero attached hydrogens (tertiary/aromatic N) is 1. The molecule has 1 fully saturated rings. The summed E-state index contributed by atoms with van der Waals surface area (Å²) in [6.45, 7) is 11.4. The van der Waals surface area contributed by atoms with Crippen molar-refractivity contribution in [3.05, 3.63) is 35.9 Å². The number of rotatable bonds is 6. The van der Waals surface area contributed by atoms with Crippen LogP contribution in [0.15, 0.2) is 30.3 Å². The Morgan fingerprint density at radius 2 is 2.05 bits per heavy atom. The van der Waals surface area contributed by atoms with E-state index in [0.717, 1.165) is 13.1 Å². The van der Waals surface area contributed by atoms with Crippen LogP contribution in [0.1, 0.15) is 45.7 Å². The summed E-state index contributed by atoms with van der Waals surface area (Å²) in [5, 5.41) is 3.71. The Hall–Kier alpha value is -0.510. The van der Waals surface area contributed by atoms with Crippen LogP contribution in [0, 0.1) is 0 Å². The Labute approximate surface area is 134 Å². The molecule has 0 amide bonds. The number of benzene rings is 1. The van der Waals surface area contributed by atoms with Gasteiger partial charge in [-0.1, -0.05) is 37.3 Å². The molecule has 2 unspecified atom stereocenters. The summed E-state index contributed by atoms with van der Waals surface area (Å²) >= 11 is 2.06. The molecule has 1 aliphatic heterocycles. The molecule has 118 valence electrons. The van der Waals surface area contributed by atoms with Crippen molar-refractivity contribution in [1.29, 1.82) is 0 Å². The van der Waals surface area contributed by atoms with Crippen LogP contribution in [0.5, 0.6) is 0 Å². The second-order valence-electron chi connectivity index (χ2n) is 6.70. The van der Waals surface area contributed by atoms with Gasteiger partial charge in [-0.3, -0.25) is 4.90 Å². The standard InChI is InChI=1S/C18H30N2S/c1-5-21-12-11-15(2)20-14-18(3,4)19-13-17(20)16-9-7-6-8-10-16/h6-10,15,17,19H,5,11-14H2,1-4H3. The van der Waals surface area contributed by atoms with Gasteiger partial charge in [0.05, 0.1) is 0 Å². The average Bonchev–Trinajstić information content (AvgIpc) is 2.47. The van der Waals surface area contributed by atoms with Crippen molar-refractivity contribution in [2.24, 2.45) is 0 Å². The molecule has 1 aliphatic rings. The first-order valence-corrected chi connectivity index (χ1v) is 9.32. The number of hydrogen-bond acceptors (Lipinski definition) is 3. The largest absolute Gasteiger partial charge is 0.309 e. The lowest BCUT2D eigenvalue weighted by molar-refractivity contribution is 0.0588. The van der Waals surface area contributed by atoms with E-state index in [4.69, 9.17) is 0 Å². The number of piperazine rings is 1. The minimum atomic E-state index is 0.206. The molecule has 1 N–H and O–H groups in total. The topological polar surface area (TPSA) is 15.3 Å². The molecule has 3 heteroatoms. The minimum absolute atomic E-state index is 0.206. The van der Waals surface area contributed by atoms with Gasteiger partial charge in [-0.2, -0.15) is 11.8 Å². The lowest BCUT2D eigenvalue weighted by Crippen LogP contribution is -2.60. The summed E-state index contributed by atoms with van der Waals surface area (Å²) in [4.78, 5) is 2.71. The van der Waals surface area contributed by atoms with Gasteiger partial charge < -0.3 is 5.32 Å². The van der Waals surface area contributed by atoms with Gasteiger partial charge in [-0.15, -0.1) is 0 Å². The van der Waals surface area contributed by atoms with Gasteiger partial charge in [0.1, 0.15) is 0 Å². The maximum atomic E-state index is 3.71. The van der Waals surface area contributed by atoms with Gasteiger partial charge in [0.25, 0.3) is 0 Å². The van der Waals surface area contributed by atoms with E-state index in [9.17, 15) is 0 Å². The summed E-state index contributed by atoms with van der Waals surface area (Å²) in [6, 6.07) is 12.1. The van der Waals surface area contributed by atoms with Crippen molar-refractivity contribution in [3.8, 4) is 0 Å². The van der Waals surface area contributed by atoms with E-state index in [-0.39, 0.29) is 5.54 Å². The molecular weight excluding hydrogens is 276 g/mol. The maximum absolute atomic E-state index is 3.71. The normalized spacial score (nSPS) is 23.9. The third-order valence-electron chi connectivity index (χ3n) is 4.39. The Balaban J connectivity index is 2.10. The van der Waals surface area contributed by atoms with Crippen LogP contribution in [0.25, 0.3) is 0 Å². The van der Waals surface area contributed by atoms with Crippen molar-refractivity contribution in [1.82, 2.24) is 10.2 Å². The zero-order valence-electron chi connectivity index (χ0n) is 13.9. The third-order valence-corrected chi connectivity index (χ3v) is 5.32. The second kappa shape index (κ2) is 7.66. The molecular formula is C18H30N2S. The zero-order chi connectivity index (χ0) is 15.3. The molecule has 1 saturated heterocycles. The van der Waals surface area contributed by atoms with Crippen molar-refractivity contribution in [2.75, 3.05) is 24.6 Å². The third kappa shape index (κ3) is 4.73. The van der Waals surface area contributed by atoms with E-state index in [1.54, 1.807) is 0 Å². The molecule has 0 bridgehead atoms. The molecule has 0 saturated carbocycles. The fourth-order valence-electron chi connectivity index (χ4n) is 3.12. The fourth-order valence-corrected chi connectivity index (χ4v) is 3.92. The van der Waals surface area contributed by atoms with E-state index < -0.39 is 0 Å². The van der Waals surface area contributed by atoms with E-state index >= 15 is 0 Å². The molecule has 0 aromatic heterocycles. The first-order valence-electron chi connectivity index (χ1n) is 8.17. The Morgan fingerprint density at radius 3 is 2.71 bits per heavy atom. The molecule has 1 heterocycles. The molecule has 1 aromatic carbocycles. The van der Waals surface area contributed by atoms with Crippen molar-refractivity contribution in [3.63, 3.8) is 0 Å². The Kier molecular flexibility index (Phi) is 6.15. The number of hydrogen-bond donors (Lipinski definition) is 1. The molecule has 0 radical (unpaired) electrons. The maximum Gasteiger partial charge on any atom is 0.0476 e. The van der Waals surface area contributed by atoms with Crippen molar-refractivity contribution < 1.29 is 0 Å². The van der Waals surface area contributed by atoms with Gasteiger partial charge >= 0.3 is 0 Å². The highest BCUT2D eigenvalue weighted by molar-refractivity contribution is 7.99. The Bertz CT molecular complexity index is 418. The van der Waals surface area contributed by atoms with E-state index in [0.29, 0.717) is 12.1 Å². The molecule has 2 nitrogen and oxygen atoms in total. The molecule has 0 spiro atoms. The van der Waals surface area contributed by atoms with Crippen LogP contribution < -0.4 is 5.32 Å². The van der Waals surface area contributed by atoms with E-state index in [1.165, 1.54) is 23.5 Å². The Morgan fingerprint density at radius 1 is 1.33 bits per heavy atom. The van der Waals surface area contributed by atoms with Crippen LogP contribution in [-0.2, 0) is 0 Å². The van der Waals surface area contributed by atoms with Crippen LogP contribution in [-0.4, -0.2) is 41.1 Å². The lowest BCUT2D eigenvalue weighted by atomic mass is 9.93. The highest BCUT2D eigenvalue weighted by Crippen LogP contribution is 2.30. The van der Waals surface area contributed by atoms with Crippen LogP contribution >= 0.6 is 11.8 Å². The fraction of sp³-hybridized carbons (Fsp3) is 0.667. The first kappa shape index (κ1) is 16.9. The predicted molar refractivity (Wildman–Crippen MR) is 95.0 cm³/mol. The number of thioether (sulfide) groups is 1. The molecule has 21 heavy (non-hydrogen) atoms. The second-order valence-corrected chi connectivity index (χ2v) is 8.09. The van der Waals surface area contributed by atoms with Gasteiger partial charge in [-0.05, 0) is 44.3 Å². The van der Waals surface area contributed by atoms with Crippen LogP contribution in [0.3, 0.4) is 0 Å². The van der Waals surface area contributed by atoms with E-state index in [1.807, 2.05) is 0 Å². The lowest BCUT2D eigenvalue weighted by Gasteiger charge is -2.47. The highest BCUT2D eigenvalue weighted by atomic mass is 32.2. The van der Waals surface area contributed by atoms with Gasteiger partial charge in [-0.25, -0.2) is 0 Å². The quantitative estimate of drug-likeness (QED) is 0.801. The zero-order valence-corrected chi connectivity index (χ0v) is 14.7. The minimum Gasteiger partial charge on any atom is -0.309 e. The van der Waals surface area contributed by atoms with Gasteiger partial charge in [0, 0.05) is 30.7 Å². The van der Waals surface area contributed by atoms with E-state index in [2.05, 4.69) is 80.0 Å². The van der Waals surface area contributed by atoms with Gasteiger partial charge in [0.2, 0.25) is 0 Å². The summed E-state index contributed by atoms with van der Waals surface area (Å²) in [5.41, 5.74) is 1.65. The monoisotopic (exact) mass is 306 g/mol. The van der Waals surface area contributed by atoms with Crippen molar-refractivity contribution in [2.45, 2.75) is 51.7 Å². The molecule has 1 aromatic rings. The molecule has 2 atom stereocenters. The van der Waals surface area contributed by atoms with Crippen LogP contribution in [0.4, 0.5) is 0 Å². The molecule has 2 rings (SSSR count). The highest BCUT2D eigenvalue weighted by Gasteiger charge is 2.35. The molecule has 0 aliphatic carbocycles. The predicted octanol–water partition coefficient (Wildman–Crippen LogP) is 3.94. The average molecular weight is 307 g/mol. The summed E-state index contributed by atoms with van der Waals surface area (Å²) < 4.78 is 0. The summed E-state index contributed by atoms with van der Waals surface area (Å²) in [5.74, 6) is 2.49. The summed E-state index contributed by atoms with van der Waals surface area (Å²) in [6.07, 6.45) is 1.28. The number of nitrogens with one attached hydrogen (secondary N) is 1. The van der Waals surface area contributed by atoms with Crippen molar-refractivity contribution >= 4 is 11.8 Å². The SMILES string of the molecule is CCSCCC(C)N1CC(C)(C)NCC1c1ccccc1. The van der Waals surface area contributed by atoms with Crippen LogP contribution in [0.2, 0.25) is 0 Å².